The van der Waals surface area contributed by atoms with E-state index in [-0.39, 0.29) is 10.8 Å². The number of hydrogen-bond donors (Lipinski definition) is 3. The van der Waals surface area contributed by atoms with E-state index < -0.39 is 10.1 Å². The Morgan fingerprint density at radius 1 is 1.10 bits per heavy atom. The largest absolute Gasteiger partial charge is 0.383 e. The molecule has 6 nitrogen and oxygen atoms in total. The van der Waals surface area contributed by atoms with Crippen molar-refractivity contribution in [2.75, 3.05) is 18.4 Å². The smallest absolute Gasteiger partial charge is 0.295 e. The van der Waals surface area contributed by atoms with Crippen LogP contribution in [0.25, 0.3) is 10.8 Å². The second-order valence-corrected chi connectivity index (χ2v) is 5.93. The molecule has 2 rings (SSSR count). The first-order valence-electron chi connectivity index (χ1n) is 6.37. The lowest BCUT2D eigenvalue weighted by Gasteiger charge is -2.11. The van der Waals surface area contributed by atoms with E-state index in [9.17, 15) is 17.8 Å². The number of rotatable bonds is 5. The molecule has 0 aliphatic carbocycles. The van der Waals surface area contributed by atoms with Crippen molar-refractivity contribution in [3.63, 3.8) is 0 Å². The van der Waals surface area contributed by atoms with Gasteiger partial charge >= 0.3 is 0 Å². The average Bonchev–Trinajstić information content (AvgIpc) is 2.41. The summed E-state index contributed by atoms with van der Waals surface area (Å²) in [6, 6.07) is 9.85. The molecule has 7 heteroatoms. The van der Waals surface area contributed by atoms with E-state index in [1.807, 2.05) is 6.07 Å². The number of amides is 1. The van der Waals surface area contributed by atoms with Gasteiger partial charge in [-0.05, 0) is 12.1 Å². The number of carbonyl (C=O) groups is 1. The molecule has 0 saturated carbocycles. The van der Waals surface area contributed by atoms with Crippen LogP contribution in [0.2, 0.25) is 0 Å². The SMILES string of the molecule is CC(=O)NCCNc1cccc2c(S(=O)(=O)O)cccc12. The molecule has 0 aliphatic rings. The Hall–Kier alpha value is -2.12. The Balaban J connectivity index is 2.32. The number of fused-ring (bicyclic) bond motifs is 1. The van der Waals surface area contributed by atoms with Crippen molar-refractivity contribution >= 4 is 32.5 Å². The van der Waals surface area contributed by atoms with Gasteiger partial charge in [-0.2, -0.15) is 8.42 Å². The minimum absolute atomic E-state index is 0.108. The first-order chi connectivity index (χ1) is 9.89. The highest BCUT2D eigenvalue weighted by atomic mass is 32.2. The highest BCUT2D eigenvalue weighted by Crippen LogP contribution is 2.28. The van der Waals surface area contributed by atoms with Crippen LogP contribution in [0.15, 0.2) is 41.3 Å². The van der Waals surface area contributed by atoms with Gasteiger partial charge in [0.25, 0.3) is 10.1 Å². The fourth-order valence-electron chi connectivity index (χ4n) is 2.10. The summed E-state index contributed by atoms with van der Waals surface area (Å²) in [5, 5.41) is 6.93. The highest BCUT2D eigenvalue weighted by molar-refractivity contribution is 7.86. The summed E-state index contributed by atoms with van der Waals surface area (Å²) in [5.41, 5.74) is 0.739. The zero-order chi connectivity index (χ0) is 15.5. The third-order valence-electron chi connectivity index (χ3n) is 2.97. The van der Waals surface area contributed by atoms with Crippen LogP contribution in [-0.4, -0.2) is 32.0 Å². The van der Waals surface area contributed by atoms with Crippen LogP contribution in [0.3, 0.4) is 0 Å². The molecule has 0 bridgehead atoms. The second-order valence-electron chi connectivity index (χ2n) is 4.54. The molecule has 0 spiro atoms. The fourth-order valence-corrected chi connectivity index (χ4v) is 2.80. The van der Waals surface area contributed by atoms with Gasteiger partial charge in [0.15, 0.2) is 0 Å². The maximum Gasteiger partial charge on any atom is 0.295 e. The third kappa shape index (κ3) is 3.71. The summed E-state index contributed by atoms with van der Waals surface area (Å²) in [4.78, 5) is 10.7. The van der Waals surface area contributed by atoms with E-state index in [1.54, 1.807) is 24.3 Å². The van der Waals surface area contributed by atoms with Crippen molar-refractivity contribution in [3.05, 3.63) is 36.4 Å². The number of anilines is 1. The molecule has 112 valence electrons. The Bertz CT molecular complexity index is 772. The lowest BCUT2D eigenvalue weighted by molar-refractivity contribution is -0.118. The van der Waals surface area contributed by atoms with E-state index in [0.29, 0.717) is 23.9 Å². The summed E-state index contributed by atoms with van der Waals surface area (Å²) < 4.78 is 32.0. The molecule has 0 saturated heterocycles. The van der Waals surface area contributed by atoms with Crippen molar-refractivity contribution in [2.45, 2.75) is 11.8 Å². The summed E-state index contributed by atoms with van der Waals surface area (Å²) in [5.74, 6) is -0.108. The molecule has 0 unspecified atom stereocenters. The van der Waals surface area contributed by atoms with Gasteiger partial charge < -0.3 is 10.6 Å². The Kier molecular flexibility index (Phi) is 4.44. The van der Waals surface area contributed by atoms with Gasteiger partial charge in [-0.3, -0.25) is 9.35 Å². The summed E-state index contributed by atoms with van der Waals surface area (Å²) in [6.07, 6.45) is 0. The molecular weight excluding hydrogens is 292 g/mol. The molecule has 3 N–H and O–H groups in total. The molecule has 2 aromatic carbocycles. The standard InChI is InChI=1S/C14H16N2O4S/c1-10(17)15-8-9-16-13-6-2-5-12-11(13)4-3-7-14(12)21(18,19)20/h2-7,16H,8-9H2,1H3,(H,15,17)(H,18,19,20). The van der Waals surface area contributed by atoms with E-state index in [1.165, 1.54) is 13.0 Å². The topological polar surface area (TPSA) is 95.5 Å². The van der Waals surface area contributed by atoms with Gasteiger partial charge in [0, 0.05) is 36.5 Å². The van der Waals surface area contributed by atoms with E-state index in [2.05, 4.69) is 10.6 Å². The molecule has 0 atom stereocenters. The minimum atomic E-state index is -4.27. The maximum atomic E-state index is 11.4. The van der Waals surface area contributed by atoms with Crippen LogP contribution in [0.5, 0.6) is 0 Å². The lowest BCUT2D eigenvalue weighted by atomic mass is 10.1. The summed E-state index contributed by atoms with van der Waals surface area (Å²) >= 11 is 0. The Morgan fingerprint density at radius 3 is 2.43 bits per heavy atom. The molecule has 0 aromatic heterocycles. The number of carbonyl (C=O) groups excluding carboxylic acids is 1. The van der Waals surface area contributed by atoms with Gasteiger partial charge in [-0.25, -0.2) is 0 Å². The van der Waals surface area contributed by atoms with Crippen molar-refractivity contribution in [3.8, 4) is 0 Å². The molecule has 0 aliphatic heterocycles. The molecule has 0 fully saturated rings. The Labute approximate surface area is 122 Å². The highest BCUT2D eigenvalue weighted by Gasteiger charge is 2.14. The Morgan fingerprint density at radius 2 is 1.76 bits per heavy atom. The van der Waals surface area contributed by atoms with Gasteiger partial charge in [0.05, 0.1) is 0 Å². The van der Waals surface area contributed by atoms with Crippen molar-refractivity contribution in [2.24, 2.45) is 0 Å². The number of benzene rings is 2. The minimum Gasteiger partial charge on any atom is -0.383 e. The molecular formula is C14H16N2O4S. The molecule has 2 aromatic rings. The van der Waals surface area contributed by atoms with Crippen LogP contribution in [0.4, 0.5) is 5.69 Å². The van der Waals surface area contributed by atoms with Crippen molar-refractivity contribution < 1.29 is 17.8 Å². The number of hydrogen-bond acceptors (Lipinski definition) is 4. The molecule has 21 heavy (non-hydrogen) atoms. The predicted octanol–water partition coefficient (Wildman–Crippen LogP) is 1.63. The maximum absolute atomic E-state index is 11.4. The van der Waals surface area contributed by atoms with E-state index in [0.717, 1.165) is 5.69 Å². The molecule has 1 amide bonds. The predicted molar refractivity (Wildman–Crippen MR) is 80.9 cm³/mol. The van der Waals surface area contributed by atoms with Crippen LogP contribution in [0, 0.1) is 0 Å². The zero-order valence-corrected chi connectivity index (χ0v) is 12.3. The van der Waals surface area contributed by atoms with Crippen LogP contribution < -0.4 is 10.6 Å². The normalized spacial score (nSPS) is 11.3. The quantitative estimate of drug-likeness (QED) is 0.576. The first-order valence-corrected chi connectivity index (χ1v) is 7.81. The molecule has 0 radical (unpaired) electrons. The lowest BCUT2D eigenvalue weighted by Crippen LogP contribution is -2.26. The van der Waals surface area contributed by atoms with Gasteiger partial charge in [0.2, 0.25) is 5.91 Å². The summed E-state index contributed by atoms with van der Waals surface area (Å²) in [6.45, 7) is 2.41. The molecule has 0 heterocycles. The van der Waals surface area contributed by atoms with Crippen molar-refractivity contribution in [1.82, 2.24) is 5.32 Å². The van der Waals surface area contributed by atoms with Crippen molar-refractivity contribution in [1.29, 1.82) is 0 Å². The average molecular weight is 308 g/mol. The van der Waals surface area contributed by atoms with Gasteiger partial charge in [0.1, 0.15) is 4.90 Å². The van der Waals surface area contributed by atoms with Gasteiger partial charge in [-0.1, -0.05) is 24.3 Å². The second kappa shape index (κ2) is 6.11. The van der Waals surface area contributed by atoms with E-state index in [4.69, 9.17) is 0 Å². The summed E-state index contributed by atoms with van der Waals surface area (Å²) in [7, 11) is -4.27. The van der Waals surface area contributed by atoms with Crippen LogP contribution in [0.1, 0.15) is 6.92 Å². The first kappa shape index (κ1) is 15.3. The van der Waals surface area contributed by atoms with E-state index >= 15 is 0 Å². The fraction of sp³-hybridized carbons (Fsp3) is 0.214. The van der Waals surface area contributed by atoms with Crippen LogP contribution >= 0.6 is 0 Å². The zero-order valence-electron chi connectivity index (χ0n) is 11.5. The van der Waals surface area contributed by atoms with Crippen LogP contribution in [-0.2, 0) is 14.9 Å². The number of nitrogens with one attached hydrogen (secondary N) is 2. The monoisotopic (exact) mass is 308 g/mol. The van der Waals surface area contributed by atoms with Gasteiger partial charge in [-0.15, -0.1) is 0 Å². The third-order valence-corrected chi connectivity index (χ3v) is 3.89.